The number of nitrogens with zero attached hydrogens (tertiary/aromatic N) is 1. The molecule has 0 saturated carbocycles. The molecular formula is C17H27NO. The third-order valence-corrected chi connectivity index (χ3v) is 4.01. The Morgan fingerprint density at radius 3 is 2.32 bits per heavy atom. The van der Waals surface area contributed by atoms with Gasteiger partial charge in [0.05, 0.1) is 7.11 Å². The fourth-order valence-corrected chi connectivity index (χ4v) is 2.87. The van der Waals surface area contributed by atoms with Crippen molar-refractivity contribution in [3.05, 3.63) is 28.8 Å². The highest BCUT2D eigenvalue weighted by Crippen LogP contribution is 2.32. The normalized spacial score (nSPS) is 16.9. The number of hydrogen-bond acceptors (Lipinski definition) is 2. The van der Waals surface area contributed by atoms with E-state index < -0.39 is 0 Å². The first-order valence-corrected chi connectivity index (χ1v) is 7.32. The van der Waals surface area contributed by atoms with Gasteiger partial charge in [-0.05, 0) is 49.4 Å². The van der Waals surface area contributed by atoms with E-state index in [4.69, 9.17) is 4.74 Å². The van der Waals surface area contributed by atoms with Crippen molar-refractivity contribution in [2.75, 3.05) is 20.2 Å². The molecule has 106 valence electrons. The number of aryl methyl sites for hydroxylation is 1. The summed E-state index contributed by atoms with van der Waals surface area (Å²) in [5.74, 6) is 1.07. The van der Waals surface area contributed by atoms with Crippen molar-refractivity contribution in [3.8, 4) is 5.75 Å². The first-order chi connectivity index (χ1) is 8.91. The molecule has 0 aliphatic carbocycles. The minimum Gasteiger partial charge on any atom is -0.496 e. The van der Waals surface area contributed by atoms with Crippen LogP contribution in [0.25, 0.3) is 0 Å². The predicted molar refractivity (Wildman–Crippen MR) is 80.9 cm³/mol. The molecule has 0 unspecified atom stereocenters. The molecule has 1 saturated heterocycles. The molecule has 1 fully saturated rings. The fourth-order valence-electron chi connectivity index (χ4n) is 2.87. The van der Waals surface area contributed by atoms with Crippen LogP contribution in [0.1, 0.15) is 50.3 Å². The Morgan fingerprint density at radius 2 is 1.79 bits per heavy atom. The van der Waals surface area contributed by atoms with Crippen LogP contribution in [0.5, 0.6) is 5.75 Å². The van der Waals surface area contributed by atoms with E-state index in [-0.39, 0.29) is 5.41 Å². The second-order valence-corrected chi connectivity index (χ2v) is 6.72. The Hall–Kier alpha value is -1.02. The van der Waals surface area contributed by atoms with Crippen LogP contribution >= 0.6 is 0 Å². The Balaban J connectivity index is 2.35. The zero-order valence-electron chi connectivity index (χ0n) is 13.0. The van der Waals surface area contributed by atoms with E-state index in [0.29, 0.717) is 0 Å². The van der Waals surface area contributed by atoms with Gasteiger partial charge < -0.3 is 4.74 Å². The Kier molecular flexibility index (Phi) is 4.19. The molecule has 1 aromatic carbocycles. The molecule has 2 heteroatoms. The highest BCUT2D eigenvalue weighted by molar-refractivity contribution is 5.46. The Morgan fingerprint density at radius 1 is 1.16 bits per heavy atom. The summed E-state index contributed by atoms with van der Waals surface area (Å²) >= 11 is 0. The highest BCUT2D eigenvalue weighted by atomic mass is 16.5. The summed E-state index contributed by atoms with van der Waals surface area (Å²) in [4.78, 5) is 2.53. The molecule has 0 atom stereocenters. The number of likely N-dealkylation sites (tertiary alicyclic amines) is 1. The number of rotatable bonds is 3. The van der Waals surface area contributed by atoms with Crippen LogP contribution in [0.4, 0.5) is 0 Å². The van der Waals surface area contributed by atoms with Gasteiger partial charge in [0.25, 0.3) is 0 Å². The number of methoxy groups -OCH3 is 1. The maximum Gasteiger partial charge on any atom is 0.126 e. The fraction of sp³-hybridized carbons (Fsp3) is 0.647. The Labute approximate surface area is 117 Å². The molecule has 2 rings (SSSR count). The van der Waals surface area contributed by atoms with Crippen molar-refractivity contribution >= 4 is 0 Å². The van der Waals surface area contributed by atoms with Crippen molar-refractivity contribution in [2.45, 2.75) is 52.5 Å². The summed E-state index contributed by atoms with van der Waals surface area (Å²) in [5.41, 5.74) is 4.19. The van der Waals surface area contributed by atoms with Gasteiger partial charge in [-0.2, -0.15) is 0 Å². The van der Waals surface area contributed by atoms with Gasteiger partial charge in [-0.3, -0.25) is 4.90 Å². The third-order valence-electron chi connectivity index (χ3n) is 4.01. The lowest BCUT2D eigenvalue weighted by molar-refractivity contribution is 0.320. The summed E-state index contributed by atoms with van der Waals surface area (Å²) in [6, 6.07) is 4.61. The van der Waals surface area contributed by atoms with E-state index in [9.17, 15) is 0 Å². The van der Waals surface area contributed by atoms with E-state index in [1.54, 1.807) is 7.11 Å². The van der Waals surface area contributed by atoms with E-state index in [1.165, 1.54) is 42.6 Å². The zero-order valence-corrected chi connectivity index (χ0v) is 13.0. The maximum absolute atomic E-state index is 5.63. The van der Waals surface area contributed by atoms with E-state index >= 15 is 0 Å². The minimum atomic E-state index is 0.191. The summed E-state index contributed by atoms with van der Waals surface area (Å²) in [6.45, 7) is 12.4. The molecule has 0 spiro atoms. The predicted octanol–water partition coefficient (Wildman–Crippen LogP) is 3.90. The lowest BCUT2D eigenvalue weighted by Gasteiger charge is -2.24. The summed E-state index contributed by atoms with van der Waals surface area (Å²) < 4.78 is 5.63. The van der Waals surface area contributed by atoms with Gasteiger partial charge in [-0.15, -0.1) is 0 Å². The zero-order chi connectivity index (χ0) is 14.0. The Bertz CT molecular complexity index is 439. The number of benzene rings is 1. The number of hydrogen-bond donors (Lipinski definition) is 0. The molecule has 0 N–H and O–H groups in total. The van der Waals surface area contributed by atoms with Crippen LogP contribution in [0.2, 0.25) is 0 Å². The van der Waals surface area contributed by atoms with Gasteiger partial charge in [0, 0.05) is 12.1 Å². The van der Waals surface area contributed by atoms with Crippen LogP contribution in [0.3, 0.4) is 0 Å². The van der Waals surface area contributed by atoms with Crippen molar-refractivity contribution in [1.29, 1.82) is 0 Å². The SMILES string of the molecule is COc1c(C)cc(C(C)(C)C)cc1CN1CCCC1. The topological polar surface area (TPSA) is 12.5 Å². The second kappa shape index (κ2) is 5.54. The molecule has 1 aliphatic heterocycles. The average Bonchev–Trinajstić information content (AvgIpc) is 2.80. The molecule has 0 bridgehead atoms. The van der Waals surface area contributed by atoms with Crippen LogP contribution in [-0.4, -0.2) is 25.1 Å². The molecule has 0 radical (unpaired) electrons. The van der Waals surface area contributed by atoms with Gasteiger partial charge in [0.15, 0.2) is 0 Å². The van der Waals surface area contributed by atoms with Crippen molar-refractivity contribution in [3.63, 3.8) is 0 Å². The molecule has 0 aromatic heterocycles. The highest BCUT2D eigenvalue weighted by Gasteiger charge is 2.20. The van der Waals surface area contributed by atoms with Gasteiger partial charge in [0.1, 0.15) is 5.75 Å². The number of ether oxygens (including phenoxy) is 1. The second-order valence-electron chi connectivity index (χ2n) is 6.72. The third kappa shape index (κ3) is 3.30. The maximum atomic E-state index is 5.63. The van der Waals surface area contributed by atoms with Crippen molar-refractivity contribution < 1.29 is 4.74 Å². The molecular weight excluding hydrogens is 234 g/mol. The molecule has 1 aromatic rings. The lowest BCUT2D eigenvalue weighted by atomic mass is 9.85. The minimum absolute atomic E-state index is 0.191. The van der Waals surface area contributed by atoms with E-state index in [1.807, 2.05) is 0 Å². The molecule has 19 heavy (non-hydrogen) atoms. The molecule has 1 heterocycles. The van der Waals surface area contributed by atoms with Crippen LogP contribution in [-0.2, 0) is 12.0 Å². The van der Waals surface area contributed by atoms with Crippen LogP contribution < -0.4 is 4.74 Å². The largest absolute Gasteiger partial charge is 0.496 e. The van der Waals surface area contributed by atoms with Gasteiger partial charge in [0.2, 0.25) is 0 Å². The van der Waals surface area contributed by atoms with E-state index in [2.05, 4.69) is 44.7 Å². The van der Waals surface area contributed by atoms with E-state index in [0.717, 1.165) is 12.3 Å². The van der Waals surface area contributed by atoms with Crippen molar-refractivity contribution in [1.82, 2.24) is 4.90 Å². The quantitative estimate of drug-likeness (QED) is 0.818. The monoisotopic (exact) mass is 261 g/mol. The summed E-state index contributed by atoms with van der Waals surface area (Å²) in [6.07, 6.45) is 2.67. The lowest BCUT2D eigenvalue weighted by Crippen LogP contribution is -2.20. The molecule has 1 aliphatic rings. The van der Waals surface area contributed by atoms with Gasteiger partial charge in [-0.25, -0.2) is 0 Å². The van der Waals surface area contributed by atoms with Gasteiger partial charge in [-0.1, -0.05) is 32.9 Å². The summed E-state index contributed by atoms with van der Waals surface area (Å²) in [5, 5.41) is 0. The standard InChI is InChI=1S/C17H27NO/c1-13-10-15(17(2,3)4)11-14(16(13)19-5)12-18-8-6-7-9-18/h10-11H,6-9,12H2,1-5H3. The van der Waals surface area contributed by atoms with Gasteiger partial charge >= 0.3 is 0 Å². The average molecular weight is 261 g/mol. The van der Waals surface area contributed by atoms with Crippen LogP contribution in [0.15, 0.2) is 12.1 Å². The molecule has 2 nitrogen and oxygen atoms in total. The van der Waals surface area contributed by atoms with Crippen LogP contribution in [0, 0.1) is 6.92 Å². The first kappa shape index (κ1) is 14.4. The summed E-state index contributed by atoms with van der Waals surface area (Å²) in [7, 11) is 1.78. The first-order valence-electron chi connectivity index (χ1n) is 7.32. The molecule has 0 amide bonds. The smallest absolute Gasteiger partial charge is 0.126 e. The van der Waals surface area contributed by atoms with Crippen molar-refractivity contribution in [2.24, 2.45) is 0 Å².